The maximum Gasteiger partial charge on any atom is 0.133 e. The quantitative estimate of drug-likeness (QED) is 0.774. The molecule has 3 heterocycles. The van der Waals surface area contributed by atoms with Crippen molar-refractivity contribution in [3.63, 3.8) is 0 Å². The Balaban J connectivity index is 1.31. The van der Waals surface area contributed by atoms with Crippen molar-refractivity contribution >= 4 is 0 Å². The van der Waals surface area contributed by atoms with Gasteiger partial charge in [-0.05, 0) is 50.1 Å². The summed E-state index contributed by atoms with van der Waals surface area (Å²) in [6, 6.07) is 6.33. The highest BCUT2D eigenvalue weighted by Gasteiger charge is 2.21. The van der Waals surface area contributed by atoms with Gasteiger partial charge in [0.2, 0.25) is 0 Å². The zero-order chi connectivity index (χ0) is 17.2. The molecular weight excluding hydrogens is 319 g/mol. The Kier molecular flexibility index (Phi) is 4.31. The fourth-order valence-corrected chi connectivity index (χ4v) is 3.30. The van der Waals surface area contributed by atoms with Gasteiger partial charge in [0.05, 0.1) is 11.9 Å². The van der Waals surface area contributed by atoms with Crippen molar-refractivity contribution in [2.45, 2.75) is 32.9 Å². The van der Waals surface area contributed by atoms with E-state index in [1.807, 2.05) is 19.3 Å². The molecule has 4 rings (SSSR count). The third-order valence-corrected chi connectivity index (χ3v) is 4.72. The number of hydrogen-bond donors (Lipinski definition) is 1. The molecule has 1 N–H and O–H groups in total. The maximum atomic E-state index is 13.0. The van der Waals surface area contributed by atoms with E-state index in [2.05, 4.69) is 25.2 Å². The number of fused-ring (bicyclic) bond motifs is 1. The number of rotatable bonds is 5. The standard InChI is InChI=1S/C18H21FN6/c1-13-22-23-18-7-2-14(11-24(13)18)8-20-9-15-10-21-25(12-15)17-5-3-16(19)4-6-17/h3-6,10,12,14,20H,2,7-9,11H2,1H3. The third kappa shape index (κ3) is 3.46. The Labute approximate surface area is 145 Å². The first-order chi connectivity index (χ1) is 12.2. The van der Waals surface area contributed by atoms with E-state index in [1.54, 1.807) is 16.8 Å². The molecule has 0 spiro atoms. The van der Waals surface area contributed by atoms with Crippen LogP contribution in [0.1, 0.15) is 23.6 Å². The summed E-state index contributed by atoms with van der Waals surface area (Å²) in [7, 11) is 0. The molecule has 0 amide bonds. The molecule has 25 heavy (non-hydrogen) atoms. The summed E-state index contributed by atoms with van der Waals surface area (Å²) in [5.74, 6) is 2.46. The molecule has 1 aliphatic heterocycles. The number of hydrogen-bond acceptors (Lipinski definition) is 4. The van der Waals surface area contributed by atoms with Crippen LogP contribution in [-0.4, -0.2) is 31.1 Å². The minimum atomic E-state index is -0.239. The second-order valence-electron chi connectivity index (χ2n) is 6.58. The van der Waals surface area contributed by atoms with Gasteiger partial charge < -0.3 is 9.88 Å². The van der Waals surface area contributed by atoms with Crippen LogP contribution in [0.3, 0.4) is 0 Å². The molecule has 3 aromatic rings. The predicted molar refractivity (Wildman–Crippen MR) is 91.8 cm³/mol. The lowest BCUT2D eigenvalue weighted by atomic mass is 9.99. The van der Waals surface area contributed by atoms with E-state index in [-0.39, 0.29) is 5.82 Å². The molecule has 130 valence electrons. The number of aryl methyl sites for hydroxylation is 2. The number of nitrogens with one attached hydrogen (secondary N) is 1. The second-order valence-corrected chi connectivity index (χ2v) is 6.58. The zero-order valence-electron chi connectivity index (χ0n) is 14.2. The lowest BCUT2D eigenvalue weighted by molar-refractivity contribution is 0.344. The van der Waals surface area contributed by atoms with Crippen molar-refractivity contribution in [2.24, 2.45) is 5.92 Å². The summed E-state index contributed by atoms with van der Waals surface area (Å²) >= 11 is 0. The zero-order valence-corrected chi connectivity index (χ0v) is 14.2. The SMILES string of the molecule is Cc1nnc2n1CC(CNCc1cnn(-c3ccc(F)cc3)c1)CC2. The smallest absolute Gasteiger partial charge is 0.133 e. The van der Waals surface area contributed by atoms with Crippen molar-refractivity contribution in [3.8, 4) is 5.69 Å². The van der Waals surface area contributed by atoms with Crippen molar-refractivity contribution in [1.82, 2.24) is 29.9 Å². The van der Waals surface area contributed by atoms with Gasteiger partial charge >= 0.3 is 0 Å². The van der Waals surface area contributed by atoms with E-state index in [9.17, 15) is 4.39 Å². The molecule has 6 nitrogen and oxygen atoms in total. The first kappa shape index (κ1) is 16.0. The van der Waals surface area contributed by atoms with Crippen molar-refractivity contribution in [3.05, 3.63) is 59.7 Å². The highest BCUT2D eigenvalue weighted by atomic mass is 19.1. The Hall–Kier alpha value is -2.54. The Bertz CT molecular complexity index is 851. The first-order valence-corrected chi connectivity index (χ1v) is 8.58. The van der Waals surface area contributed by atoms with Gasteiger partial charge in [-0.15, -0.1) is 10.2 Å². The molecular formula is C18H21FN6. The average molecular weight is 340 g/mol. The van der Waals surface area contributed by atoms with Crippen LogP contribution in [0.15, 0.2) is 36.7 Å². The summed E-state index contributed by atoms with van der Waals surface area (Å²) in [5, 5.41) is 16.2. The molecule has 1 aromatic carbocycles. The topological polar surface area (TPSA) is 60.6 Å². The van der Waals surface area contributed by atoms with Gasteiger partial charge in [-0.3, -0.25) is 0 Å². The van der Waals surface area contributed by atoms with Crippen LogP contribution in [-0.2, 0) is 19.5 Å². The van der Waals surface area contributed by atoms with Crippen molar-refractivity contribution in [2.75, 3.05) is 6.54 Å². The van der Waals surface area contributed by atoms with E-state index in [0.29, 0.717) is 5.92 Å². The van der Waals surface area contributed by atoms with Crippen LogP contribution in [0.2, 0.25) is 0 Å². The number of benzene rings is 1. The molecule has 0 radical (unpaired) electrons. The minimum absolute atomic E-state index is 0.239. The van der Waals surface area contributed by atoms with E-state index in [1.165, 1.54) is 12.1 Å². The van der Waals surface area contributed by atoms with Crippen LogP contribution in [0.5, 0.6) is 0 Å². The molecule has 0 saturated carbocycles. The van der Waals surface area contributed by atoms with E-state index in [0.717, 1.165) is 55.4 Å². The fourth-order valence-electron chi connectivity index (χ4n) is 3.30. The summed E-state index contributed by atoms with van der Waals surface area (Å²) in [6.07, 6.45) is 5.96. The van der Waals surface area contributed by atoms with Gasteiger partial charge in [0, 0.05) is 31.3 Å². The average Bonchev–Trinajstić information content (AvgIpc) is 3.23. The summed E-state index contributed by atoms with van der Waals surface area (Å²) in [6.45, 7) is 4.72. The molecule has 7 heteroatoms. The van der Waals surface area contributed by atoms with E-state index in [4.69, 9.17) is 0 Å². The van der Waals surface area contributed by atoms with E-state index < -0.39 is 0 Å². The molecule has 0 bridgehead atoms. The minimum Gasteiger partial charge on any atom is -0.315 e. The fraction of sp³-hybridized carbons (Fsp3) is 0.389. The second kappa shape index (κ2) is 6.76. The molecule has 2 aromatic heterocycles. The van der Waals surface area contributed by atoms with Crippen LogP contribution in [0.25, 0.3) is 5.69 Å². The summed E-state index contributed by atoms with van der Waals surface area (Å²) < 4.78 is 17.0. The molecule has 0 fully saturated rings. The van der Waals surface area contributed by atoms with Crippen LogP contribution in [0, 0.1) is 18.7 Å². The van der Waals surface area contributed by atoms with Crippen LogP contribution < -0.4 is 5.32 Å². The van der Waals surface area contributed by atoms with Gasteiger partial charge in [0.25, 0.3) is 0 Å². The largest absolute Gasteiger partial charge is 0.315 e. The highest BCUT2D eigenvalue weighted by Crippen LogP contribution is 2.19. The van der Waals surface area contributed by atoms with Gasteiger partial charge in [0.15, 0.2) is 0 Å². The van der Waals surface area contributed by atoms with Gasteiger partial charge in [-0.1, -0.05) is 0 Å². The lowest BCUT2D eigenvalue weighted by Crippen LogP contribution is -2.30. The highest BCUT2D eigenvalue weighted by molar-refractivity contribution is 5.31. The van der Waals surface area contributed by atoms with Gasteiger partial charge in [-0.25, -0.2) is 9.07 Å². The summed E-state index contributed by atoms with van der Waals surface area (Å²) in [4.78, 5) is 0. The van der Waals surface area contributed by atoms with Crippen LogP contribution in [0.4, 0.5) is 4.39 Å². The van der Waals surface area contributed by atoms with Crippen molar-refractivity contribution in [1.29, 1.82) is 0 Å². The van der Waals surface area contributed by atoms with Gasteiger partial charge in [0.1, 0.15) is 17.5 Å². The molecule has 0 saturated heterocycles. The lowest BCUT2D eigenvalue weighted by Gasteiger charge is -2.24. The Morgan fingerprint density at radius 3 is 2.92 bits per heavy atom. The number of aromatic nitrogens is 5. The Morgan fingerprint density at radius 1 is 1.24 bits per heavy atom. The summed E-state index contributed by atoms with van der Waals surface area (Å²) in [5.41, 5.74) is 1.97. The normalized spacial score (nSPS) is 16.8. The molecule has 1 atom stereocenters. The number of halogens is 1. The van der Waals surface area contributed by atoms with E-state index >= 15 is 0 Å². The molecule has 1 aliphatic rings. The Morgan fingerprint density at radius 2 is 2.08 bits per heavy atom. The van der Waals surface area contributed by atoms with Crippen LogP contribution >= 0.6 is 0 Å². The number of nitrogens with zero attached hydrogens (tertiary/aromatic N) is 5. The van der Waals surface area contributed by atoms with Gasteiger partial charge in [-0.2, -0.15) is 5.10 Å². The monoisotopic (exact) mass is 340 g/mol. The third-order valence-electron chi connectivity index (χ3n) is 4.72. The first-order valence-electron chi connectivity index (χ1n) is 8.58. The van der Waals surface area contributed by atoms with Crippen molar-refractivity contribution < 1.29 is 4.39 Å². The predicted octanol–water partition coefficient (Wildman–Crippen LogP) is 2.26. The molecule has 1 unspecified atom stereocenters. The molecule has 0 aliphatic carbocycles. The maximum absolute atomic E-state index is 13.0.